The number of fused-ring (bicyclic) bond motifs is 1. The van der Waals surface area contributed by atoms with Crippen LogP contribution in [0.5, 0.6) is 0 Å². The minimum absolute atomic E-state index is 0.0800. The van der Waals surface area contributed by atoms with Gasteiger partial charge in [-0.3, -0.25) is 0 Å². The molecule has 0 fully saturated rings. The van der Waals surface area contributed by atoms with Crippen molar-refractivity contribution in [1.82, 2.24) is 9.97 Å². The SMILES string of the molecule is FC(F)(F)c1cccc(Cl)c1Cc1c[nH]c2ncccc12. The average molecular weight is 311 g/mol. The molecular weight excluding hydrogens is 301 g/mol. The molecule has 0 amide bonds. The fraction of sp³-hybridized carbons (Fsp3) is 0.133. The van der Waals surface area contributed by atoms with Crippen molar-refractivity contribution in [1.29, 1.82) is 0 Å². The second kappa shape index (κ2) is 5.07. The summed E-state index contributed by atoms with van der Waals surface area (Å²) in [7, 11) is 0. The number of benzene rings is 1. The molecule has 108 valence electrons. The monoisotopic (exact) mass is 310 g/mol. The minimum atomic E-state index is -4.43. The molecule has 0 saturated heterocycles. The summed E-state index contributed by atoms with van der Waals surface area (Å²) in [4.78, 5) is 7.08. The quantitative estimate of drug-likeness (QED) is 0.722. The number of hydrogen-bond donors (Lipinski definition) is 1. The van der Waals surface area contributed by atoms with Crippen LogP contribution in [0.25, 0.3) is 11.0 Å². The van der Waals surface area contributed by atoms with Crippen LogP contribution in [0.2, 0.25) is 5.02 Å². The van der Waals surface area contributed by atoms with Gasteiger partial charge in [-0.1, -0.05) is 17.7 Å². The predicted molar refractivity (Wildman–Crippen MR) is 75.4 cm³/mol. The lowest BCUT2D eigenvalue weighted by atomic mass is 9.99. The molecule has 0 aliphatic rings. The Hall–Kier alpha value is -2.01. The van der Waals surface area contributed by atoms with E-state index >= 15 is 0 Å². The number of aromatic nitrogens is 2. The Kier molecular flexibility index (Phi) is 3.37. The number of hydrogen-bond acceptors (Lipinski definition) is 1. The van der Waals surface area contributed by atoms with Crippen molar-refractivity contribution < 1.29 is 13.2 Å². The van der Waals surface area contributed by atoms with E-state index in [4.69, 9.17) is 11.6 Å². The second-order valence-corrected chi connectivity index (χ2v) is 5.06. The van der Waals surface area contributed by atoms with Gasteiger partial charge in [0.05, 0.1) is 5.56 Å². The normalized spacial score (nSPS) is 12.0. The molecule has 2 nitrogen and oxygen atoms in total. The van der Waals surface area contributed by atoms with E-state index in [1.807, 2.05) is 6.07 Å². The summed E-state index contributed by atoms with van der Waals surface area (Å²) in [6.45, 7) is 0. The molecule has 0 radical (unpaired) electrons. The van der Waals surface area contributed by atoms with Gasteiger partial charge in [0, 0.05) is 29.2 Å². The summed E-state index contributed by atoms with van der Waals surface area (Å²) in [6, 6.07) is 7.40. The van der Waals surface area contributed by atoms with Crippen LogP contribution >= 0.6 is 11.6 Å². The van der Waals surface area contributed by atoms with Crippen molar-refractivity contribution in [2.75, 3.05) is 0 Å². The number of rotatable bonds is 2. The van der Waals surface area contributed by atoms with Crippen LogP contribution in [0.1, 0.15) is 16.7 Å². The van der Waals surface area contributed by atoms with Gasteiger partial charge in [-0.15, -0.1) is 0 Å². The molecule has 1 N–H and O–H groups in total. The maximum absolute atomic E-state index is 13.1. The fourth-order valence-electron chi connectivity index (χ4n) is 2.35. The standard InChI is InChI=1S/C15H10ClF3N2/c16-13-5-1-4-12(15(17,18)19)11(13)7-9-8-21-14-10(9)3-2-6-20-14/h1-6,8H,7H2,(H,20,21). The number of pyridine rings is 1. The van der Waals surface area contributed by atoms with Crippen molar-refractivity contribution in [3.8, 4) is 0 Å². The maximum Gasteiger partial charge on any atom is 0.416 e. The molecule has 0 bridgehead atoms. The summed E-state index contributed by atoms with van der Waals surface area (Å²) >= 11 is 5.98. The van der Waals surface area contributed by atoms with E-state index in [2.05, 4.69) is 9.97 Å². The average Bonchev–Trinajstić information content (AvgIpc) is 2.83. The first-order chi connectivity index (χ1) is 9.97. The summed E-state index contributed by atoms with van der Waals surface area (Å²) in [5.74, 6) is 0. The van der Waals surface area contributed by atoms with Crippen molar-refractivity contribution in [3.05, 3.63) is 64.4 Å². The molecule has 0 aliphatic carbocycles. The molecular formula is C15H10ClF3N2. The van der Waals surface area contributed by atoms with Crippen molar-refractivity contribution in [2.45, 2.75) is 12.6 Å². The highest BCUT2D eigenvalue weighted by molar-refractivity contribution is 6.31. The first-order valence-electron chi connectivity index (χ1n) is 6.22. The van der Waals surface area contributed by atoms with Gasteiger partial charge in [-0.25, -0.2) is 4.98 Å². The van der Waals surface area contributed by atoms with E-state index in [1.165, 1.54) is 12.1 Å². The molecule has 0 saturated carbocycles. The van der Waals surface area contributed by atoms with Crippen LogP contribution in [0.4, 0.5) is 13.2 Å². The van der Waals surface area contributed by atoms with Gasteiger partial charge in [0.1, 0.15) is 5.65 Å². The molecule has 1 aromatic carbocycles. The number of halogens is 4. The van der Waals surface area contributed by atoms with Gasteiger partial charge in [-0.2, -0.15) is 13.2 Å². The molecule has 3 rings (SSSR count). The Balaban J connectivity index is 2.10. The van der Waals surface area contributed by atoms with E-state index < -0.39 is 11.7 Å². The van der Waals surface area contributed by atoms with Gasteiger partial charge >= 0.3 is 6.18 Å². The number of H-pyrrole nitrogens is 1. The number of aromatic amines is 1. The summed E-state index contributed by atoms with van der Waals surface area (Å²) < 4.78 is 39.3. The molecule has 0 aliphatic heterocycles. The zero-order valence-corrected chi connectivity index (χ0v) is 11.5. The third kappa shape index (κ3) is 2.61. The van der Waals surface area contributed by atoms with E-state index in [1.54, 1.807) is 18.5 Å². The lowest BCUT2D eigenvalue weighted by Crippen LogP contribution is -2.09. The van der Waals surface area contributed by atoms with Crippen LogP contribution < -0.4 is 0 Å². The number of alkyl halides is 3. The summed E-state index contributed by atoms with van der Waals surface area (Å²) in [5, 5.41) is 0.911. The molecule has 0 spiro atoms. The van der Waals surface area contributed by atoms with Crippen LogP contribution in [0, 0.1) is 0 Å². The largest absolute Gasteiger partial charge is 0.416 e. The van der Waals surface area contributed by atoms with Gasteiger partial charge in [0.2, 0.25) is 0 Å². The molecule has 3 aromatic rings. The summed E-state index contributed by atoms with van der Waals surface area (Å²) in [5.41, 5.74) is 0.759. The number of nitrogens with zero attached hydrogens (tertiary/aromatic N) is 1. The lowest BCUT2D eigenvalue weighted by Gasteiger charge is -2.14. The zero-order valence-electron chi connectivity index (χ0n) is 10.7. The van der Waals surface area contributed by atoms with E-state index in [0.717, 1.165) is 17.0 Å². The van der Waals surface area contributed by atoms with Crippen LogP contribution in [0.15, 0.2) is 42.7 Å². The first kappa shape index (κ1) is 13.9. The first-order valence-corrected chi connectivity index (χ1v) is 6.60. The van der Waals surface area contributed by atoms with E-state index in [-0.39, 0.29) is 17.0 Å². The molecule has 0 unspecified atom stereocenters. The van der Waals surface area contributed by atoms with Crippen molar-refractivity contribution in [3.63, 3.8) is 0 Å². The van der Waals surface area contributed by atoms with Gasteiger partial charge < -0.3 is 4.98 Å². The van der Waals surface area contributed by atoms with Gasteiger partial charge in [-0.05, 0) is 35.4 Å². The topological polar surface area (TPSA) is 28.7 Å². The molecule has 21 heavy (non-hydrogen) atoms. The molecule has 6 heteroatoms. The zero-order chi connectivity index (χ0) is 15.0. The van der Waals surface area contributed by atoms with Crippen LogP contribution in [-0.2, 0) is 12.6 Å². The smallest absolute Gasteiger partial charge is 0.346 e. The lowest BCUT2D eigenvalue weighted by molar-refractivity contribution is -0.138. The highest BCUT2D eigenvalue weighted by Gasteiger charge is 2.34. The Morgan fingerprint density at radius 3 is 2.71 bits per heavy atom. The third-order valence-electron chi connectivity index (χ3n) is 3.33. The second-order valence-electron chi connectivity index (χ2n) is 4.65. The number of nitrogens with one attached hydrogen (secondary N) is 1. The highest BCUT2D eigenvalue weighted by atomic mass is 35.5. The third-order valence-corrected chi connectivity index (χ3v) is 3.68. The van der Waals surface area contributed by atoms with Gasteiger partial charge in [0.25, 0.3) is 0 Å². The molecule has 0 atom stereocenters. The fourth-order valence-corrected chi connectivity index (χ4v) is 2.59. The Morgan fingerprint density at radius 2 is 1.95 bits per heavy atom. The summed E-state index contributed by atoms with van der Waals surface area (Å²) in [6.07, 6.45) is -1.04. The highest BCUT2D eigenvalue weighted by Crippen LogP contribution is 2.36. The molecule has 2 aromatic heterocycles. The van der Waals surface area contributed by atoms with Crippen molar-refractivity contribution in [2.24, 2.45) is 0 Å². The van der Waals surface area contributed by atoms with E-state index in [9.17, 15) is 13.2 Å². The van der Waals surface area contributed by atoms with Gasteiger partial charge in [0.15, 0.2) is 0 Å². The Bertz CT molecular complexity index is 793. The Labute approximate surface area is 123 Å². The molecule has 2 heterocycles. The van der Waals surface area contributed by atoms with Crippen LogP contribution in [-0.4, -0.2) is 9.97 Å². The van der Waals surface area contributed by atoms with E-state index in [0.29, 0.717) is 5.65 Å². The maximum atomic E-state index is 13.1. The minimum Gasteiger partial charge on any atom is -0.346 e. The van der Waals surface area contributed by atoms with Crippen LogP contribution in [0.3, 0.4) is 0 Å². The Morgan fingerprint density at radius 1 is 1.14 bits per heavy atom. The predicted octanol–water partition coefficient (Wildman–Crippen LogP) is 4.83. The van der Waals surface area contributed by atoms with Crippen molar-refractivity contribution >= 4 is 22.6 Å².